The van der Waals surface area contributed by atoms with Crippen molar-refractivity contribution in [3.8, 4) is 0 Å². The molecule has 1 atom stereocenters. The van der Waals surface area contributed by atoms with E-state index in [1.807, 2.05) is 0 Å². The number of carbonyl (C=O) groups excluding carboxylic acids is 1. The molecule has 1 aromatic carbocycles. The highest BCUT2D eigenvalue weighted by molar-refractivity contribution is 5.91. The Bertz CT molecular complexity index is 657. The number of halogens is 2. The molecule has 108 valence electrons. The van der Waals surface area contributed by atoms with Crippen molar-refractivity contribution in [1.82, 2.24) is 10.3 Å². The van der Waals surface area contributed by atoms with Crippen molar-refractivity contribution in [2.45, 2.75) is 13.0 Å². The maximum absolute atomic E-state index is 13.6. The number of hydrogen-bond acceptors (Lipinski definition) is 2. The summed E-state index contributed by atoms with van der Waals surface area (Å²) in [5.41, 5.74) is 1.02. The monoisotopic (exact) mass is 288 g/mol. The molecule has 0 saturated heterocycles. The van der Waals surface area contributed by atoms with Crippen molar-refractivity contribution in [2.75, 3.05) is 0 Å². The summed E-state index contributed by atoms with van der Waals surface area (Å²) in [5.74, 6) is -1.69. The van der Waals surface area contributed by atoms with Crippen LogP contribution in [0.15, 0.2) is 48.8 Å². The van der Waals surface area contributed by atoms with Crippen LogP contribution in [0.1, 0.15) is 24.1 Å². The van der Waals surface area contributed by atoms with Crippen LogP contribution in [0.25, 0.3) is 6.08 Å². The predicted molar refractivity (Wildman–Crippen MR) is 76.2 cm³/mol. The van der Waals surface area contributed by atoms with E-state index in [2.05, 4.69) is 10.3 Å². The normalized spacial score (nSPS) is 12.3. The lowest BCUT2D eigenvalue weighted by molar-refractivity contribution is -0.117. The van der Waals surface area contributed by atoms with Crippen molar-refractivity contribution < 1.29 is 13.6 Å². The topological polar surface area (TPSA) is 42.0 Å². The van der Waals surface area contributed by atoms with Crippen LogP contribution in [-0.2, 0) is 4.79 Å². The molecule has 2 aromatic rings. The first-order valence-corrected chi connectivity index (χ1v) is 6.40. The third-order valence-corrected chi connectivity index (χ3v) is 2.90. The van der Waals surface area contributed by atoms with E-state index in [1.165, 1.54) is 12.1 Å². The van der Waals surface area contributed by atoms with E-state index < -0.39 is 17.7 Å². The Labute approximate surface area is 121 Å². The highest BCUT2D eigenvalue weighted by atomic mass is 19.1. The number of carbonyl (C=O) groups is 1. The molecule has 0 aliphatic carbocycles. The average Bonchev–Trinajstić information content (AvgIpc) is 2.46. The Balaban J connectivity index is 2.00. The third kappa shape index (κ3) is 4.21. The minimum Gasteiger partial charge on any atom is -0.346 e. The quantitative estimate of drug-likeness (QED) is 0.877. The van der Waals surface area contributed by atoms with Crippen LogP contribution < -0.4 is 5.32 Å². The molecule has 1 heterocycles. The Morgan fingerprint density at radius 3 is 2.81 bits per heavy atom. The average molecular weight is 288 g/mol. The fourth-order valence-corrected chi connectivity index (χ4v) is 1.84. The molecule has 0 aliphatic heterocycles. The Hall–Kier alpha value is -2.56. The van der Waals surface area contributed by atoms with Crippen molar-refractivity contribution in [2.24, 2.45) is 0 Å². The van der Waals surface area contributed by atoms with Gasteiger partial charge in [0.05, 0.1) is 6.04 Å². The molecule has 0 spiro atoms. The highest BCUT2D eigenvalue weighted by Gasteiger charge is 2.12. The lowest BCUT2D eigenvalue weighted by Gasteiger charge is -2.13. The molecular weight excluding hydrogens is 274 g/mol. The Morgan fingerprint density at radius 1 is 1.33 bits per heavy atom. The van der Waals surface area contributed by atoms with Crippen LogP contribution in [0, 0.1) is 11.6 Å². The van der Waals surface area contributed by atoms with Crippen LogP contribution in [0.2, 0.25) is 0 Å². The molecule has 2 rings (SSSR count). The summed E-state index contributed by atoms with van der Waals surface area (Å²) in [6.45, 7) is 1.63. The van der Waals surface area contributed by atoms with Crippen LogP contribution >= 0.6 is 0 Å². The van der Waals surface area contributed by atoms with E-state index in [1.54, 1.807) is 37.5 Å². The molecule has 0 bridgehead atoms. The van der Waals surface area contributed by atoms with Gasteiger partial charge in [-0.2, -0.15) is 0 Å². The molecule has 0 radical (unpaired) electrons. The Kier molecular flexibility index (Phi) is 4.77. The van der Waals surface area contributed by atoms with Gasteiger partial charge in [-0.15, -0.1) is 0 Å². The molecule has 0 fully saturated rings. The van der Waals surface area contributed by atoms with Crippen LogP contribution in [0.5, 0.6) is 0 Å². The van der Waals surface area contributed by atoms with Gasteiger partial charge < -0.3 is 5.32 Å². The van der Waals surface area contributed by atoms with Crippen molar-refractivity contribution in [1.29, 1.82) is 0 Å². The van der Waals surface area contributed by atoms with Gasteiger partial charge in [0.15, 0.2) is 0 Å². The number of nitrogens with zero attached hydrogens (tertiary/aromatic N) is 1. The van der Waals surface area contributed by atoms with Gasteiger partial charge in [0, 0.05) is 30.1 Å². The van der Waals surface area contributed by atoms with Gasteiger partial charge in [0.1, 0.15) is 11.6 Å². The molecule has 0 saturated carbocycles. The van der Waals surface area contributed by atoms with E-state index in [9.17, 15) is 13.6 Å². The maximum Gasteiger partial charge on any atom is 0.244 e. The van der Waals surface area contributed by atoms with Crippen LogP contribution in [-0.4, -0.2) is 10.9 Å². The summed E-state index contributed by atoms with van der Waals surface area (Å²) >= 11 is 0. The van der Waals surface area contributed by atoms with Gasteiger partial charge in [-0.3, -0.25) is 9.78 Å². The van der Waals surface area contributed by atoms with E-state index in [0.29, 0.717) is 0 Å². The minimum absolute atomic E-state index is 0.236. The van der Waals surface area contributed by atoms with Crippen molar-refractivity contribution >= 4 is 12.0 Å². The fraction of sp³-hybridized carbons (Fsp3) is 0.125. The largest absolute Gasteiger partial charge is 0.346 e. The standard InChI is InChI=1S/C16H14F2N2O/c1-11(14-6-5-13(17)9-15(14)18)20-16(21)7-4-12-3-2-8-19-10-12/h2-11H,1H3,(H,20,21)/b7-4-/t11-/m1/s1. The van der Waals surface area contributed by atoms with E-state index in [-0.39, 0.29) is 11.5 Å². The van der Waals surface area contributed by atoms with Crippen LogP contribution in [0.4, 0.5) is 8.78 Å². The second-order valence-electron chi connectivity index (χ2n) is 4.52. The predicted octanol–water partition coefficient (Wildman–Crippen LogP) is 3.25. The zero-order chi connectivity index (χ0) is 15.2. The number of aromatic nitrogens is 1. The number of hydrogen-bond donors (Lipinski definition) is 1. The maximum atomic E-state index is 13.6. The third-order valence-electron chi connectivity index (χ3n) is 2.90. The second kappa shape index (κ2) is 6.74. The van der Waals surface area contributed by atoms with Gasteiger partial charge in [-0.25, -0.2) is 8.78 Å². The first-order chi connectivity index (χ1) is 10.1. The van der Waals surface area contributed by atoms with Gasteiger partial charge in [-0.05, 0) is 30.7 Å². The van der Waals surface area contributed by atoms with E-state index in [0.717, 1.165) is 17.7 Å². The summed E-state index contributed by atoms with van der Waals surface area (Å²) in [4.78, 5) is 15.7. The molecule has 21 heavy (non-hydrogen) atoms. The van der Waals surface area contributed by atoms with Gasteiger partial charge in [0.2, 0.25) is 5.91 Å². The lowest BCUT2D eigenvalue weighted by Crippen LogP contribution is -2.25. The minimum atomic E-state index is -0.681. The number of amides is 1. The van der Waals surface area contributed by atoms with Crippen LogP contribution in [0.3, 0.4) is 0 Å². The molecule has 0 aliphatic rings. The fourth-order valence-electron chi connectivity index (χ4n) is 1.84. The number of pyridine rings is 1. The highest BCUT2D eigenvalue weighted by Crippen LogP contribution is 2.17. The zero-order valence-corrected chi connectivity index (χ0v) is 11.4. The molecule has 0 unspecified atom stereocenters. The van der Waals surface area contributed by atoms with E-state index in [4.69, 9.17) is 0 Å². The van der Waals surface area contributed by atoms with Crippen molar-refractivity contribution in [3.63, 3.8) is 0 Å². The first kappa shape index (κ1) is 14.8. The molecule has 1 aromatic heterocycles. The number of benzene rings is 1. The van der Waals surface area contributed by atoms with Crippen molar-refractivity contribution in [3.05, 3.63) is 71.6 Å². The molecule has 3 nitrogen and oxygen atoms in total. The summed E-state index contributed by atoms with van der Waals surface area (Å²) in [6.07, 6.45) is 6.20. The molecule has 1 amide bonds. The lowest BCUT2D eigenvalue weighted by atomic mass is 10.1. The summed E-state index contributed by atoms with van der Waals surface area (Å²) < 4.78 is 26.4. The SMILES string of the molecule is C[C@@H](NC(=O)/C=C\c1cccnc1)c1ccc(F)cc1F. The molecule has 5 heteroatoms. The summed E-state index contributed by atoms with van der Waals surface area (Å²) in [7, 11) is 0. The van der Waals surface area contributed by atoms with E-state index >= 15 is 0 Å². The summed E-state index contributed by atoms with van der Waals surface area (Å²) in [5, 5.41) is 2.62. The number of nitrogens with one attached hydrogen (secondary N) is 1. The smallest absolute Gasteiger partial charge is 0.244 e. The molecule has 1 N–H and O–H groups in total. The van der Waals surface area contributed by atoms with Gasteiger partial charge >= 0.3 is 0 Å². The van der Waals surface area contributed by atoms with Gasteiger partial charge in [0.25, 0.3) is 0 Å². The van der Waals surface area contributed by atoms with Gasteiger partial charge in [-0.1, -0.05) is 12.1 Å². The first-order valence-electron chi connectivity index (χ1n) is 6.40. The number of rotatable bonds is 4. The Morgan fingerprint density at radius 2 is 2.14 bits per heavy atom. The zero-order valence-electron chi connectivity index (χ0n) is 11.4. The second-order valence-corrected chi connectivity index (χ2v) is 4.52. The molecular formula is C16H14F2N2O. The summed E-state index contributed by atoms with van der Waals surface area (Å²) in [6, 6.07) is 6.28.